The van der Waals surface area contributed by atoms with Gasteiger partial charge in [-0.1, -0.05) is 54.6 Å². The van der Waals surface area contributed by atoms with E-state index in [9.17, 15) is 14.7 Å². The van der Waals surface area contributed by atoms with Crippen molar-refractivity contribution in [1.29, 1.82) is 0 Å². The van der Waals surface area contributed by atoms with E-state index in [0.717, 1.165) is 22.3 Å². The Labute approximate surface area is 163 Å². The minimum Gasteiger partial charge on any atom is -0.508 e. The molecule has 0 aliphatic carbocycles. The number of hydrogen-bond acceptors (Lipinski definition) is 4. The van der Waals surface area contributed by atoms with Crippen LogP contribution in [0.2, 0.25) is 0 Å². The van der Waals surface area contributed by atoms with E-state index in [1.165, 1.54) is 24.3 Å². The van der Waals surface area contributed by atoms with Crippen molar-refractivity contribution in [3.05, 3.63) is 96.3 Å². The third-order valence-corrected chi connectivity index (χ3v) is 4.09. The Balaban J connectivity index is 1.64. The summed E-state index contributed by atoms with van der Waals surface area (Å²) in [7, 11) is 0. The summed E-state index contributed by atoms with van der Waals surface area (Å²) in [6.07, 6.45) is 9.44. The molecule has 0 aliphatic rings. The van der Waals surface area contributed by atoms with E-state index in [-0.39, 0.29) is 23.7 Å². The number of carbonyl (C=O) groups excluding carboxylic acids is 2. The molecule has 4 heteroatoms. The summed E-state index contributed by atoms with van der Waals surface area (Å²) in [5, 5.41) is 9.25. The lowest BCUT2D eigenvalue weighted by Gasteiger charge is -2.05. The predicted octanol–water partition coefficient (Wildman–Crippen LogP) is 4.71. The fourth-order valence-electron chi connectivity index (χ4n) is 2.67. The van der Waals surface area contributed by atoms with Crippen LogP contribution in [0.15, 0.2) is 85.2 Å². The number of hydrogen-bond donors (Lipinski definition) is 1. The normalized spacial score (nSPS) is 11.1. The van der Waals surface area contributed by atoms with Crippen LogP contribution in [0.4, 0.5) is 0 Å². The fraction of sp³-hybridized carbons (Fsp3) is 0.0417. The Morgan fingerprint density at radius 3 is 2.29 bits per heavy atom. The second-order valence-corrected chi connectivity index (χ2v) is 6.20. The summed E-state index contributed by atoms with van der Waals surface area (Å²) in [5.74, 6) is -0.375. The molecule has 28 heavy (non-hydrogen) atoms. The summed E-state index contributed by atoms with van der Waals surface area (Å²) < 4.78 is 0. The monoisotopic (exact) mass is 369 g/mol. The van der Waals surface area contributed by atoms with Crippen LogP contribution in [0, 0.1) is 0 Å². The van der Waals surface area contributed by atoms with Gasteiger partial charge < -0.3 is 5.11 Å². The number of carbonyl (C=O) groups is 2. The third-order valence-electron chi connectivity index (χ3n) is 4.09. The summed E-state index contributed by atoms with van der Waals surface area (Å²) in [6.45, 7) is 0. The van der Waals surface area contributed by atoms with Gasteiger partial charge in [-0.15, -0.1) is 0 Å². The molecule has 0 bridgehead atoms. The first-order chi connectivity index (χ1) is 13.6. The summed E-state index contributed by atoms with van der Waals surface area (Å²) in [6, 6.07) is 18.0. The van der Waals surface area contributed by atoms with Crippen molar-refractivity contribution in [2.45, 2.75) is 6.42 Å². The average Bonchev–Trinajstić information content (AvgIpc) is 2.73. The number of phenolic OH excluding ortho intramolecular Hbond substituents is 1. The van der Waals surface area contributed by atoms with Gasteiger partial charge in [0.25, 0.3) is 0 Å². The first-order valence-electron chi connectivity index (χ1n) is 8.82. The van der Waals surface area contributed by atoms with Gasteiger partial charge in [-0.2, -0.15) is 0 Å². The van der Waals surface area contributed by atoms with Crippen LogP contribution in [-0.2, 0) is 9.59 Å². The number of ketones is 2. The van der Waals surface area contributed by atoms with Gasteiger partial charge >= 0.3 is 0 Å². The highest BCUT2D eigenvalue weighted by atomic mass is 16.3. The molecular formula is C24H19NO3. The number of phenols is 1. The van der Waals surface area contributed by atoms with Gasteiger partial charge in [0.2, 0.25) is 0 Å². The summed E-state index contributed by atoms with van der Waals surface area (Å²) >= 11 is 0. The minimum absolute atomic E-state index is 0.162. The standard InChI is InChI=1S/C24H19NO3/c26-21-11-7-18(8-12-21)9-13-22(27)16-23(28)14-10-19-4-1-2-6-24(19)20-5-3-15-25-17-20/h1-15,17,26H,16H2. The maximum absolute atomic E-state index is 12.1. The predicted molar refractivity (Wildman–Crippen MR) is 110 cm³/mol. The van der Waals surface area contributed by atoms with E-state index in [1.807, 2.05) is 36.4 Å². The maximum Gasteiger partial charge on any atom is 0.163 e. The molecule has 0 atom stereocenters. The molecule has 0 aliphatic heterocycles. The lowest BCUT2D eigenvalue weighted by Crippen LogP contribution is -2.02. The number of benzene rings is 2. The lowest BCUT2D eigenvalue weighted by molar-refractivity contribution is -0.121. The first-order valence-corrected chi connectivity index (χ1v) is 8.82. The molecule has 0 unspecified atom stereocenters. The highest BCUT2D eigenvalue weighted by Gasteiger charge is 2.06. The number of pyridine rings is 1. The molecule has 4 nitrogen and oxygen atoms in total. The van der Waals surface area contributed by atoms with E-state index in [4.69, 9.17) is 0 Å². The molecule has 1 N–H and O–H groups in total. The zero-order chi connectivity index (χ0) is 19.8. The molecule has 2 aromatic carbocycles. The number of rotatable bonds is 7. The fourth-order valence-corrected chi connectivity index (χ4v) is 2.67. The molecule has 0 spiro atoms. The van der Waals surface area contributed by atoms with Crippen molar-refractivity contribution < 1.29 is 14.7 Å². The molecule has 0 amide bonds. The van der Waals surface area contributed by atoms with Crippen LogP contribution < -0.4 is 0 Å². The SMILES string of the molecule is O=C(C=Cc1ccc(O)cc1)CC(=O)C=Cc1ccccc1-c1cccnc1. The Hall–Kier alpha value is -3.79. The molecule has 0 fully saturated rings. The van der Waals surface area contributed by atoms with Crippen molar-refractivity contribution in [3.8, 4) is 16.9 Å². The highest BCUT2D eigenvalue weighted by Crippen LogP contribution is 2.23. The first kappa shape index (κ1) is 19.0. The topological polar surface area (TPSA) is 67.3 Å². The van der Waals surface area contributed by atoms with Crippen LogP contribution in [0.1, 0.15) is 17.5 Å². The molecule has 138 valence electrons. The molecule has 3 aromatic rings. The molecule has 0 saturated carbocycles. The van der Waals surface area contributed by atoms with Crippen LogP contribution in [-0.4, -0.2) is 21.7 Å². The number of aromatic nitrogens is 1. The van der Waals surface area contributed by atoms with Gasteiger partial charge in [-0.25, -0.2) is 0 Å². The Bertz CT molecular complexity index is 1020. The molecular weight excluding hydrogens is 350 g/mol. The highest BCUT2D eigenvalue weighted by molar-refractivity contribution is 6.11. The average molecular weight is 369 g/mol. The van der Waals surface area contributed by atoms with Gasteiger partial charge in [-0.05, 0) is 47.0 Å². The van der Waals surface area contributed by atoms with Crippen LogP contribution >= 0.6 is 0 Å². The zero-order valence-electron chi connectivity index (χ0n) is 15.2. The molecule has 0 saturated heterocycles. The van der Waals surface area contributed by atoms with Crippen molar-refractivity contribution in [1.82, 2.24) is 4.98 Å². The van der Waals surface area contributed by atoms with Gasteiger partial charge in [0.05, 0.1) is 6.42 Å². The Morgan fingerprint density at radius 1 is 0.857 bits per heavy atom. The largest absolute Gasteiger partial charge is 0.508 e. The molecule has 1 aromatic heterocycles. The Kier molecular flexibility index (Phi) is 6.26. The van der Waals surface area contributed by atoms with Crippen molar-refractivity contribution in [3.63, 3.8) is 0 Å². The van der Waals surface area contributed by atoms with Crippen LogP contribution in [0.5, 0.6) is 5.75 Å². The second kappa shape index (κ2) is 9.24. The van der Waals surface area contributed by atoms with Crippen LogP contribution in [0.25, 0.3) is 23.3 Å². The minimum atomic E-state index is -0.275. The van der Waals surface area contributed by atoms with Gasteiger partial charge in [-0.3, -0.25) is 14.6 Å². The van der Waals surface area contributed by atoms with E-state index in [2.05, 4.69) is 4.98 Å². The maximum atomic E-state index is 12.1. The van der Waals surface area contributed by atoms with Crippen molar-refractivity contribution in [2.75, 3.05) is 0 Å². The van der Waals surface area contributed by atoms with E-state index >= 15 is 0 Å². The Morgan fingerprint density at radius 2 is 1.57 bits per heavy atom. The number of allylic oxidation sites excluding steroid dienone is 2. The van der Waals surface area contributed by atoms with E-state index in [1.54, 1.807) is 36.7 Å². The van der Waals surface area contributed by atoms with Gasteiger partial charge in [0.1, 0.15) is 5.75 Å². The number of aromatic hydroxyl groups is 1. The summed E-state index contributed by atoms with van der Waals surface area (Å²) in [4.78, 5) is 28.3. The van der Waals surface area contributed by atoms with Gasteiger partial charge in [0.15, 0.2) is 11.6 Å². The quantitative estimate of drug-likeness (QED) is 0.484. The smallest absolute Gasteiger partial charge is 0.163 e. The molecule has 3 rings (SSSR count). The summed E-state index contributed by atoms with van der Waals surface area (Å²) in [5.41, 5.74) is 3.59. The van der Waals surface area contributed by atoms with Crippen molar-refractivity contribution in [2.24, 2.45) is 0 Å². The molecule has 1 heterocycles. The van der Waals surface area contributed by atoms with Crippen LogP contribution in [0.3, 0.4) is 0 Å². The lowest BCUT2D eigenvalue weighted by atomic mass is 10.0. The molecule has 0 radical (unpaired) electrons. The second-order valence-electron chi connectivity index (χ2n) is 6.20. The number of nitrogens with zero attached hydrogens (tertiary/aromatic N) is 1. The third kappa shape index (κ3) is 5.35. The van der Waals surface area contributed by atoms with E-state index in [0.29, 0.717) is 0 Å². The van der Waals surface area contributed by atoms with Crippen molar-refractivity contribution >= 4 is 23.7 Å². The van der Waals surface area contributed by atoms with E-state index < -0.39 is 0 Å². The zero-order valence-corrected chi connectivity index (χ0v) is 15.2. The van der Waals surface area contributed by atoms with Gasteiger partial charge in [0, 0.05) is 18.0 Å².